The number of hydrogen-bond acceptors (Lipinski definition) is 4. The molecule has 1 unspecified atom stereocenters. The quantitative estimate of drug-likeness (QED) is 0.859. The van der Waals surface area contributed by atoms with E-state index in [9.17, 15) is 9.90 Å². The van der Waals surface area contributed by atoms with E-state index >= 15 is 0 Å². The van der Waals surface area contributed by atoms with Crippen LogP contribution in [0.2, 0.25) is 0 Å². The average Bonchev–Trinajstić information content (AvgIpc) is 2.47. The highest BCUT2D eigenvalue weighted by Crippen LogP contribution is 2.30. The summed E-state index contributed by atoms with van der Waals surface area (Å²) in [5.41, 5.74) is 2.64. The van der Waals surface area contributed by atoms with Crippen LogP contribution in [0.15, 0.2) is 18.2 Å². The van der Waals surface area contributed by atoms with Crippen molar-refractivity contribution in [2.24, 2.45) is 0 Å². The number of aryl methyl sites for hydroxylation is 1. The number of benzene rings is 1. The van der Waals surface area contributed by atoms with E-state index in [2.05, 4.69) is 4.90 Å². The van der Waals surface area contributed by atoms with Crippen molar-refractivity contribution < 1.29 is 14.6 Å². The van der Waals surface area contributed by atoms with Crippen molar-refractivity contribution in [1.82, 2.24) is 0 Å². The molecule has 110 valence electrons. The largest absolute Gasteiger partial charge is 0.464 e. The van der Waals surface area contributed by atoms with Crippen molar-refractivity contribution in [2.45, 2.75) is 39.2 Å². The topological polar surface area (TPSA) is 49.8 Å². The molecule has 2 rings (SSSR count). The number of ether oxygens (including phenoxy) is 1. The lowest BCUT2D eigenvalue weighted by Gasteiger charge is -2.31. The molecule has 1 aromatic carbocycles. The number of esters is 1. The van der Waals surface area contributed by atoms with Crippen LogP contribution in [-0.4, -0.2) is 30.8 Å². The molecule has 1 fully saturated rings. The minimum atomic E-state index is -1.20. The molecule has 0 saturated carbocycles. The second kappa shape index (κ2) is 6.75. The Balaban J connectivity index is 2.29. The molecule has 0 radical (unpaired) electrons. The zero-order chi connectivity index (χ0) is 14.5. The monoisotopic (exact) mass is 277 g/mol. The highest BCUT2D eigenvalue weighted by molar-refractivity contribution is 5.79. The van der Waals surface area contributed by atoms with Gasteiger partial charge in [0.05, 0.1) is 6.61 Å². The third kappa shape index (κ3) is 3.31. The number of carbonyl (C=O) groups excluding carboxylic acids is 1. The Kier molecular flexibility index (Phi) is 5.01. The molecule has 1 aliphatic heterocycles. The van der Waals surface area contributed by atoms with E-state index in [1.54, 1.807) is 6.92 Å². The molecule has 0 amide bonds. The summed E-state index contributed by atoms with van der Waals surface area (Å²) in [7, 11) is 0. The molecule has 0 spiro atoms. The molecule has 20 heavy (non-hydrogen) atoms. The number of aliphatic hydroxyl groups excluding tert-OH is 1. The predicted molar refractivity (Wildman–Crippen MR) is 78.8 cm³/mol. The Bertz CT molecular complexity index is 467. The molecule has 0 bridgehead atoms. The highest BCUT2D eigenvalue weighted by atomic mass is 16.5. The lowest BCUT2D eigenvalue weighted by atomic mass is 10.0. The van der Waals surface area contributed by atoms with E-state index in [-0.39, 0.29) is 6.61 Å². The Morgan fingerprint density at radius 1 is 1.35 bits per heavy atom. The van der Waals surface area contributed by atoms with Crippen molar-refractivity contribution in [3.63, 3.8) is 0 Å². The molecule has 4 nitrogen and oxygen atoms in total. The van der Waals surface area contributed by atoms with Crippen LogP contribution in [0, 0.1) is 6.92 Å². The molecule has 1 heterocycles. The smallest absolute Gasteiger partial charge is 0.339 e. The van der Waals surface area contributed by atoms with Gasteiger partial charge < -0.3 is 14.7 Å². The van der Waals surface area contributed by atoms with Gasteiger partial charge >= 0.3 is 5.97 Å². The second-order valence-electron chi connectivity index (χ2n) is 5.26. The number of nitrogens with zero attached hydrogens (tertiary/aromatic N) is 1. The SMILES string of the molecule is CCOC(=O)C(O)c1cc(C)ccc1N1CCCCC1. The highest BCUT2D eigenvalue weighted by Gasteiger charge is 2.24. The normalized spacial score (nSPS) is 16.9. The van der Waals surface area contributed by atoms with Gasteiger partial charge in [0.15, 0.2) is 6.10 Å². The first-order valence-electron chi connectivity index (χ1n) is 7.33. The minimum Gasteiger partial charge on any atom is -0.464 e. The lowest BCUT2D eigenvalue weighted by Crippen LogP contribution is -2.31. The Morgan fingerprint density at radius 2 is 2.05 bits per heavy atom. The van der Waals surface area contributed by atoms with Crippen molar-refractivity contribution in [3.8, 4) is 0 Å². The Labute approximate surface area is 120 Å². The summed E-state index contributed by atoms with van der Waals surface area (Å²) in [4.78, 5) is 14.0. The fourth-order valence-corrected chi connectivity index (χ4v) is 2.66. The first-order chi connectivity index (χ1) is 9.63. The Hall–Kier alpha value is -1.55. The first-order valence-corrected chi connectivity index (χ1v) is 7.33. The van der Waals surface area contributed by atoms with E-state index in [0.717, 1.165) is 37.2 Å². The average molecular weight is 277 g/mol. The second-order valence-corrected chi connectivity index (χ2v) is 5.26. The molecule has 0 aliphatic carbocycles. The van der Waals surface area contributed by atoms with Gasteiger partial charge in [-0.25, -0.2) is 4.79 Å². The van der Waals surface area contributed by atoms with Crippen LogP contribution < -0.4 is 4.90 Å². The van der Waals surface area contributed by atoms with Crippen molar-refractivity contribution in [2.75, 3.05) is 24.6 Å². The summed E-state index contributed by atoms with van der Waals surface area (Å²) in [5.74, 6) is -0.573. The third-order valence-electron chi connectivity index (χ3n) is 3.68. The molecule has 1 aromatic rings. The van der Waals surface area contributed by atoms with Gasteiger partial charge in [0, 0.05) is 24.3 Å². The maximum absolute atomic E-state index is 11.8. The summed E-state index contributed by atoms with van der Waals surface area (Å²) >= 11 is 0. The third-order valence-corrected chi connectivity index (χ3v) is 3.68. The molecule has 4 heteroatoms. The van der Waals surface area contributed by atoms with Crippen molar-refractivity contribution in [1.29, 1.82) is 0 Å². The van der Waals surface area contributed by atoms with Crippen LogP contribution in [0.4, 0.5) is 5.69 Å². The number of rotatable bonds is 4. The number of anilines is 1. The summed E-state index contributed by atoms with van der Waals surface area (Å²) in [6, 6.07) is 5.90. The predicted octanol–water partition coefficient (Wildman–Crippen LogP) is 2.58. The van der Waals surface area contributed by atoms with Crippen LogP contribution in [0.1, 0.15) is 43.4 Å². The molecule has 1 N–H and O–H groups in total. The van der Waals surface area contributed by atoms with E-state index in [4.69, 9.17) is 4.74 Å². The van der Waals surface area contributed by atoms with Crippen LogP contribution in [0.5, 0.6) is 0 Å². The van der Waals surface area contributed by atoms with Crippen LogP contribution in [0.25, 0.3) is 0 Å². The summed E-state index contributed by atoms with van der Waals surface area (Å²) in [5, 5.41) is 10.3. The van der Waals surface area contributed by atoms with E-state index in [1.807, 2.05) is 25.1 Å². The van der Waals surface area contributed by atoms with Gasteiger partial charge in [-0.2, -0.15) is 0 Å². The van der Waals surface area contributed by atoms with Gasteiger partial charge in [-0.1, -0.05) is 17.7 Å². The first kappa shape index (κ1) is 14.9. The maximum Gasteiger partial charge on any atom is 0.339 e. The number of piperidine rings is 1. The number of carbonyl (C=O) groups is 1. The van der Waals surface area contributed by atoms with Crippen molar-refractivity contribution in [3.05, 3.63) is 29.3 Å². The van der Waals surface area contributed by atoms with Crippen LogP contribution in [0.3, 0.4) is 0 Å². The molecule has 1 atom stereocenters. The van der Waals surface area contributed by atoms with Gasteiger partial charge in [0.1, 0.15) is 0 Å². The maximum atomic E-state index is 11.8. The van der Waals surface area contributed by atoms with Gasteiger partial charge in [0.25, 0.3) is 0 Å². The summed E-state index contributed by atoms with van der Waals surface area (Å²) in [6.45, 7) is 5.94. The molecule has 0 aromatic heterocycles. The molecule has 1 aliphatic rings. The lowest BCUT2D eigenvalue weighted by molar-refractivity contribution is -0.153. The molecular weight excluding hydrogens is 254 g/mol. The zero-order valence-electron chi connectivity index (χ0n) is 12.3. The molecular formula is C16H23NO3. The standard InChI is InChI=1S/C16H23NO3/c1-3-20-16(19)15(18)13-11-12(2)7-8-14(13)17-9-5-4-6-10-17/h7-8,11,15,18H,3-6,9-10H2,1-2H3. The minimum absolute atomic E-state index is 0.279. The van der Waals surface area contributed by atoms with Gasteiger partial charge in [-0.05, 0) is 39.2 Å². The zero-order valence-corrected chi connectivity index (χ0v) is 12.3. The fourth-order valence-electron chi connectivity index (χ4n) is 2.66. The van der Waals surface area contributed by atoms with Gasteiger partial charge in [-0.3, -0.25) is 0 Å². The van der Waals surface area contributed by atoms with E-state index < -0.39 is 12.1 Å². The van der Waals surface area contributed by atoms with Crippen LogP contribution in [-0.2, 0) is 9.53 Å². The summed E-state index contributed by atoms with van der Waals surface area (Å²) < 4.78 is 4.93. The van der Waals surface area contributed by atoms with Gasteiger partial charge in [-0.15, -0.1) is 0 Å². The summed E-state index contributed by atoms with van der Waals surface area (Å²) in [6.07, 6.45) is 2.36. The van der Waals surface area contributed by atoms with Gasteiger partial charge in [0.2, 0.25) is 0 Å². The van der Waals surface area contributed by atoms with Crippen molar-refractivity contribution >= 4 is 11.7 Å². The fraction of sp³-hybridized carbons (Fsp3) is 0.562. The molecule has 1 saturated heterocycles. The van der Waals surface area contributed by atoms with E-state index in [1.165, 1.54) is 6.42 Å². The number of hydrogen-bond donors (Lipinski definition) is 1. The van der Waals surface area contributed by atoms with Crippen LogP contribution >= 0.6 is 0 Å². The van der Waals surface area contributed by atoms with E-state index in [0.29, 0.717) is 5.56 Å². The number of aliphatic hydroxyl groups is 1. The Morgan fingerprint density at radius 3 is 2.70 bits per heavy atom.